The second-order valence-electron chi connectivity index (χ2n) is 12.7. The molecule has 0 bridgehead atoms. The molecule has 0 amide bonds. The summed E-state index contributed by atoms with van der Waals surface area (Å²) in [5, 5.41) is 46.7. The second-order valence-corrected chi connectivity index (χ2v) is 12.7. The molecule has 194 valence electrons. The maximum Gasteiger partial charge on any atom is 0.334 e. The van der Waals surface area contributed by atoms with Crippen molar-refractivity contribution in [2.75, 3.05) is 0 Å². The van der Waals surface area contributed by atoms with E-state index in [0.29, 0.717) is 44.1 Å². The number of esters is 1. The van der Waals surface area contributed by atoms with Crippen LogP contribution in [0.15, 0.2) is 22.8 Å². The molecule has 0 saturated heterocycles. The topological polar surface area (TPSA) is 124 Å². The van der Waals surface area contributed by atoms with Crippen LogP contribution in [0.1, 0.15) is 86.0 Å². The van der Waals surface area contributed by atoms with Crippen LogP contribution in [0, 0.1) is 22.7 Å². The lowest BCUT2D eigenvalue weighted by atomic mass is 9.44. The normalized spacial score (nSPS) is 49.5. The monoisotopic (exact) mass is 488 g/mol. The number of Topliss-reactive ketones (excluding diaryl/α,β-unsaturated/α-hetero) is 1. The molecule has 1 aliphatic heterocycles. The molecule has 4 aliphatic carbocycles. The molecular formula is C28H40O7. The molecule has 7 nitrogen and oxygen atoms in total. The van der Waals surface area contributed by atoms with Gasteiger partial charge in [0.2, 0.25) is 0 Å². The Morgan fingerprint density at radius 3 is 2.37 bits per heavy atom. The Labute approximate surface area is 207 Å². The fourth-order valence-electron chi connectivity index (χ4n) is 8.74. The maximum atomic E-state index is 13.2. The molecule has 0 aromatic heterocycles. The number of carbonyl (C=O) groups excluding carboxylic acids is 2. The maximum absolute atomic E-state index is 13.2. The van der Waals surface area contributed by atoms with Crippen molar-refractivity contribution in [3.05, 3.63) is 22.8 Å². The summed E-state index contributed by atoms with van der Waals surface area (Å²) in [7, 11) is 0. The van der Waals surface area contributed by atoms with Crippen molar-refractivity contribution in [2.45, 2.75) is 115 Å². The van der Waals surface area contributed by atoms with E-state index in [-0.39, 0.29) is 30.5 Å². The van der Waals surface area contributed by atoms with E-state index in [1.54, 1.807) is 6.92 Å². The molecule has 0 aromatic carbocycles. The minimum atomic E-state index is -1.78. The van der Waals surface area contributed by atoms with Crippen LogP contribution in [0.3, 0.4) is 0 Å². The Kier molecular flexibility index (Phi) is 5.38. The Balaban J connectivity index is 1.53. The largest absolute Gasteiger partial charge is 0.455 e. The van der Waals surface area contributed by atoms with Gasteiger partial charge in [0.05, 0.1) is 17.1 Å². The molecule has 0 spiro atoms. The van der Waals surface area contributed by atoms with Gasteiger partial charge in [-0.3, -0.25) is 4.79 Å². The Hall–Kier alpha value is -1.54. The van der Waals surface area contributed by atoms with E-state index in [0.717, 1.165) is 11.1 Å². The van der Waals surface area contributed by atoms with Crippen molar-refractivity contribution in [1.82, 2.24) is 0 Å². The number of fused-ring (bicyclic) bond motifs is 5. The smallest absolute Gasteiger partial charge is 0.334 e. The predicted molar refractivity (Wildman–Crippen MR) is 128 cm³/mol. The quantitative estimate of drug-likeness (QED) is 0.348. The average molecular weight is 489 g/mol. The fourth-order valence-corrected chi connectivity index (χ4v) is 8.74. The second kappa shape index (κ2) is 7.50. The molecule has 7 heteroatoms. The number of ether oxygens (including phenoxy) is 1. The van der Waals surface area contributed by atoms with Crippen molar-refractivity contribution < 1.29 is 34.8 Å². The van der Waals surface area contributed by atoms with Crippen LogP contribution in [0.5, 0.6) is 0 Å². The van der Waals surface area contributed by atoms with Gasteiger partial charge in [0.15, 0.2) is 0 Å². The fraction of sp³-hybridized carbons (Fsp3) is 0.786. The molecule has 3 fully saturated rings. The lowest BCUT2D eigenvalue weighted by Crippen LogP contribution is -2.72. The van der Waals surface area contributed by atoms with Crippen LogP contribution in [-0.4, -0.2) is 61.2 Å². The van der Waals surface area contributed by atoms with Crippen LogP contribution in [0.4, 0.5) is 0 Å². The van der Waals surface area contributed by atoms with Gasteiger partial charge < -0.3 is 25.2 Å². The van der Waals surface area contributed by atoms with Crippen LogP contribution in [0.2, 0.25) is 0 Å². The third-order valence-corrected chi connectivity index (χ3v) is 11.4. The minimum absolute atomic E-state index is 0.0245. The average Bonchev–Trinajstić information content (AvgIpc) is 3.01. The molecular weight excluding hydrogens is 448 g/mol. The first-order chi connectivity index (χ1) is 16.1. The number of aliphatic hydroxyl groups excluding tert-OH is 1. The highest BCUT2D eigenvalue weighted by atomic mass is 16.6. The number of rotatable bonds is 2. The van der Waals surface area contributed by atoms with Crippen LogP contribution < -0.4 is 0 Å². The van der Waals surface area contributed by atoms with Gasteiger partial charge in [-0.25, -0.2) is 4.79 Å². The first kappa shape index (κ1) is 25.1. The zero-order valence-corrected chi connectivity index (χ0v) is 21.6. The highest BCUT2D eigenvalue weighted by Crippen LogP contribution is 2.70. The molecule has 3 saturated carbocycles. The van der Waals surface area contributed by atoms with E-state index in [1.165, 1.54) is 6.92 Å². The van der Waals surface area contributed by atoms with E-state index in [1.807, 2.05) is 26.8 Å². The third kappa shape index (κ3) is 2.93. The first-order valence-corrected chi connectivity index (χ1v) is 13.1. The molecule has 0 unspecified atom stereocenters. The van der Waals surface area contributed by atoms with E-state index in [2.05, 4.69) is 0 Å². The standard InChI is InChI=1S/C28H40O7/c1-15-12-22(35-23(31)16(15)2)26(5,32)28(34)11-10-27(33)20-7-6-17-13-18(29)14-21(30)25(17,4)19(20)8-9-24(27,28)3/h6,18-20,22,29,32-34H,7-14H2,1-5H3/t18-,19+,20-,22-,24+,25+,26+,27-,28-/m1/s1. The molecule has 0 radical (unpaired) electrons. The molecule has 1 heterocycles. The van der Waals surface area contributed by atoms with Crippen molar-refractivity contribution in [1.29, 1.82) is 0 Å². The van der Waals surface area contributed by atoms with Gasteiger partial charge in [0.1, 0.15) is 23.1 Å². The van der Waals surface area contributed by atoms with Crippen LogP contribution >= 0.6 is 0 Å². The summed E-state index contributed by atoms with van der Waals surface area (Å²) in [6, 6.07) is 0. The van der Waals surface area contributed by atoms with E-state index >= 15 is 0 Å². The van der Waals surface area contributed by atoms with Gasteiger partial charge in [-0.1, -0.05) is 24.1 Å². The number of cyclic esters (lactones) is 1. The van der Waals surface area contributed by atoms with Gasteiger partial charge in [0.25, 0.3) is 0 Å². The zero-order valence-electron chi connectivity index (χ0n) is 21.6. The number of allylic oxidation sites excluding steroid dienone is 1. The summed E-state index contributed by atoms with van der Waals surface area (Å²) >= 11 is 0. The molecule has 0 aromatic rings. The summed E-state index contributed by atoms with van der Waals surface area (Å²) < 4.78 is 5.62. The molecule has 5 rings (SSSR count). The van der Waals surface area contributed by atoms with Crippen LogP contribution in [-0.2, 0) is 14.3 Å². The molecule has 35 heavy (non-hydrogen) atoms. The number of hydrogen-bond acceptors (Lipinski definition) is 7. The first-order valence-electron chi connectivity index (χ1n) is 13.1. The van der Waals surface area contributed by atoms with E-state index in [9.17, 15) is 30.0 Å². The van der Waals surface area contributed by atoms with Crippen LogP contribution in [0.25, 0.3) is 0 Å². The molecule has 9 atom stereocenters. The highest BCUT2D eigenvalue weighted by molar-refractivity contribution is 5.90. The van der Waals surface area contributed by atoms with Crippen molar-refractivity contribution in [3.8, 4) is 0 Å². The summed E-state index contributed by atoms with van der Waals surface area (Å²) in [6.07, 6.45) is 3.50. The van der Waals surface area contributed by atoms with Gasteiger partial charge in [0, 0.05) is 23.8 Å². The minimum Gasteiger partial charge on any atom is -0.455 e. The number of hydrogen-bond donors (Lipinski definition) is 4. The third-order valence-electron chi connectivity index (χ3n) is 11.4. The van der Waals surface area contributed by atoms with Crippen molar-refractivity contribution in [2.24, 2.45) is 22.7 Å². The van der Waals surface area contributed by atoms with Gasteiger partial charge >= 0.3 is 5.97 Å². The van der Waals surface area contributed by atoms with Gasteiger partial charge in [-0.15, -0.1) is 0 Å². The SMILES string of the molecule is CC1=C(C)C(=O)O[C@@H]([C@](C)(O)[C@@]2(O)CC[C@@]3(O)[C@@H]4CC=C5C[C@@H](O)CC(=O)[C@]5(C)[C@H]4CC[C@]23C)C1. The zero-order chi connectivity index (χ0) is 25.8. The Bertz CT molecular complexity index is 1040. The van der Waals surface area contributed by atoms with Crippen molar-refractivity contribution in [3.63, 3.8) is 0 Å². The summed E-state index contributed by atoms with van der Waals surface area (Å²) in [5.41, 5.74) is -4.21. The molecule has 4 N–H and O–H groups in total. The van der Waals surface area contributed by atoms with E-state index < -0.39 is 45.8 Å². The highest BCUT2D eigenvalue weighted by Gasteiger charge is 2.76. The number of carbonyl (C=O) groups is 2. The van der Waals surface area contributed by atoms with Crippen molar-refractivity contribution >= 4 is 11.8 Å². The number of aliphatic hydroxyl groups is 4. The Morgan fingerprint density at radius 2 is 1.71 bits per heavy atom. The number of ketones is 1. The lowest BCUT2D eigenvalue weighted by molar-refractivity contribution is -0.279. The van der Waals surface area contributed by atoms with Gasteiger partial charge in [-0.2, -0.15) is 0 Å². The summed E-state index contributed by atoms with van der Waals surface area (Å²) in [4.78, 5) is 25.7. The Morgan fingerprint density at radius 1 is 1.03 bits per heavy atom. The van der Waals surface area contributed by atoms with Gasteiger partial charge in [-0.05, 0) is 78.1 Å². The van der Waals surface area contributed by atoms with E-state index in [4.69, 9.17) is 4.74 Å². The predicted octanol–water partition coefficient (Wildman–Crippen LogP) is 2.74. The summed E-state index contributed by atoms with van der Waals surface area (Å²) in [6.45, 7) is 8.90. The summed E-state index contributed by atoms with van der Waals surface area (Å²) in [5.74, 6) is -0.804. The lowest BCUT2D eigenvalue weighted by Gasteiger charge is -2.63. The molecule has 5 aliphatic rings.